The lowest BCUT2D eigenvalue weighted by atomic mass is 10.0. The van der Waals surface area contributed by atoms with Crippen LogP contribution in [0.3, 0.4) is 0 Å². The summed E-state index contributed by atoms with van der Waals surface area (Å²) in [5.74, 6) is 1.79. The molecule has 1 fully saturated rings. The number of amides is 1. The van der Waals surface area contributed by atoms with Crippen molar-refractivity contribution in [2.75, 3.05) is 26.7 Å². The van der Waals surface area contributed by atoms with Crippen molar-refractivity contribution in [1.29, 1.82) is 0 Å². The normalized spacial score (nSPS) is 17.7. The van der Waals surface area contributed by atoms with E-state index < -0.39 is 0 Å². The molecule has 0 aromatic heterocycles. The lowest BCUT2D eigenvalue weighted by Gasteiger charge is -2.22. The summed E-state index contributed by atoms with van der Waals surface area (Å²) in [5.41, 5.74) is 1.15. The molecular formula is C17H26N2O2. The van der Waals surface area contributed by atoms with Crippen LogP contribution in [-0.4, -0.2) is 37.6 Å². The lowest BCUT2D eigenvalue weighted by Crippen LogP contribution is -2.30. The second-order valence-electron chi connectivity index (χ2n) is 5.65. The van der Waals surface area contributed by atoms with Gasteiger partial charge in [0.2, 0.25) is 5.91 Å². The monoisotopic (exact) mass is 290 g/mol. The van der Waals surface area contributed by atoms with Gasteiger partial charge in [0.25, 0.3) is 0 Å². The third-order valence-electron chi connectivity index (χ3n) is 4.20. The Morgan fingerprint density at radius 1 is 1.38 bits per heavy atom. The fraction of sp³-hybridized carbons (Fsp3) is 0.588. The Morgan fingerprint density at radius 2 is 2.14 bits per heavy atom. The maximum absolute atomic E-state index is 12.3. The Hall–Kier alpha value is -1.55. The molecule has 1 N–H and O–H groups in total. The summed E-state index contributed by atoms with van der Waals surface area (Å²) in [7, 11) is 1.66. The summed E-state index contributed by atoms with van der Waals surface area (Å²) in [6.07, 6.45) is 2.87. The first-order chi connectivity index (χ1) is 10.2. The largest absolute Gasteiger partial charge is 0.497 e. The van der Waals surface area contributed by atoms with Gasteiger partial charge in [-0.2, -0.15) is 0 Å². The smallest absolute Gasteiger partial charge is 0.222 e. The van der Waals surface area contributed by atoms with Crippen LogP contribution in [-0.2, 0) is 11.3 Å². The van der Waals surface area contributed by atoms with Gasteiger partial charge in [-0.25, -0.2) is 0 Å². The van der Waals surface area contributed by atoms with Gasteiger partial charge in [0.05, 0.1) is 7.11 Å². The SMILES string of the molecule is CCN(Cc1ccc(OC)cc1)C(=O)CCC1CCNC1. The van der Waals surface area contributed by atoms with Crippen molar-refractivity contribution >= 4 is 5.91 Å². The Kier molecular flexibility index (Phi) is 6.05. The van der Waals surface area contributed by atoms with Crippen LogP contribution in [0.4, 0.5) is 0 Å². The number of hydrogen-bond donors (Lipinski definition) is 1. The number of ether oxygens (including phenoxy) is 1. The summed E-state index contributed by atoms with van der Waals surface area (Å²) in [4.78, 5) is 14.3. The fourth-order valence-electron chi connectivity index (χ4n) is 2.77. The highest BCUT2D eigenvalue weighted by atomic mass is 16.5. The lowest BCUT2D eigenvalue weighted by molar-refractivity contribution is -0.131. The van der Waals surface area contributed by atoms with Gasteiger partial charge in [0.15, 0.2) is 0 Å². The fourth-order valence-corrected chi connectivity index (χ4v) is 2.77. The van der Waals surface area contributed by atoms with E-state index in [4.69, 9.17) is 4.74 Å². The van der Waals surface area contributed by atoms with Crippen LogP contribution in [0.2, 0.25) is 0 Å². The highest BCUT2D eigenvalue weighted by Gasteiger charge is 2.18. The molecule has 116 valence electrons. The number of carbonyl (C=O) groups excluding carboxylic acids is 1. The Balaban J connectivity index is 1.83. The second kappa shape index (κ2) is 8.03. The molecule has 0 radical (unpaired) electrons. The van der Waals surface area contributed by atoms with Gasteiger partial charge in [0.1, 0.15) is 5.75 Å². The van der Waals surface area contributed by atoms with Crippen LogP contribution in [0.5, 0.6) is 5.75 Å². The number of methoxy groups -OCH3 is 1. The Labute approximate surface area is 127 Å². The highest BCUT2D eigenvalue weighted by Crippen LogP contribution is 2.17. The molecule has 4 nitrogen and oxygen atoms in total. The van der Waals surface area contributed by atoms with Crippen molar-refractivity contribution in [1.82, 2.24) is 10.2 Å². The predicted octanol–water partition coefficient (Wildman–Crippen LogP) is 2.43. The van der Waals surface area contributed by atoms with Crippen LogP contribution in [0.1, 0.15) is 31.7 Å². The molecular weight excluding hydrogens is 264 g/mol. The Bertz CT molecular complexity index is 439. The molecule has 0 saturated carbocycles. The summed E-state index contributed by atoms with van der Waals surface area (Å²) in [5, 5.41) is 3.35. The number of rotatable bonds is 7. The molecule has 1 unspecified atom stereocenters. The molecule has 4 heteroatoms. The number of nitrogens with one attached hydrogen (secondary N) is 1. The van der Waals surface area contributed by atoms with Crippen LogP contribution < -0.4 is 10.1 Å². The molecule has 0 spiro atoms. The van der Waals surface area contributed by atoms with Gasteiger partial charge in [-0.05, 0) is 56.5 Å². The maximum Gasteiger partial charge on any atom is 0.222 e. The van der Waals surface area contributed by atoms with Gasteiger partial charge in [-0.3, -0.25) is 4.79 Å². The summed E-state index contributed by atoms with van der Waals surface area (Å²) >= 11 is 0. The van der Waals surface area contributed by atoms with E-state index in [1.165, 1.54) is 6.42 Å². The first kappa shape index (κ1) is 15.8. The Morgan fingerprint density at radius 3 is 2.71 bits per heavy atom. The first-order valence-corrected chi connectivity index (χ1v) is 7.84. The average molecular weight is 290 g/mol. The maximum atomic E-state index is 12.3. The van der Waals surface area contributed by atoms with Gasteiger partial charge in [0, 0.05) is 19.5 Å². The summed E-state index contributed by atoms with van der Waals surface area (Å²) in [6.45, 7) is 5.65. The molecule has 0 bridgehead atoms. The van der Waals surface area contributed by atoms with Crippen LogP contribution in [0.15, 0.2) is 24.3 Å². The topological polar surface area (TPSA) is 41.6 Å². The number of benzene rings is 1. The van der Waals surface area contributed by atoms with Gasteiger partial charge >= 0.3 is 0 Å². The highest BCUT2D eigenvalue weighted by molar-refractivity contribution is 5.76. The molecule has 1 amide bonds. The molecule has 1 aliphatic rings. The molecule has 0 aliphatic carbocycles. The van der Waals surface area contributed by atoms with E-state index in [0.29, 0.717) is 18.9 Å². The molecule has 1 aromatic carbocycles. The van der Waals surface area contributed by atoms with E-state index in [1.807, 2.05) is 36.1 Å². The predicted molar refractivity (Wildman–Crippen MR) is 84.3 cm³/mol. The van der Waals surface area contributed by atoms with E-state index in [2.05, 4.69) is 5.32 Å². The number of hydrogen-bond acceptors (Lipinski definition) is 3. The minimum absolute atomic E-state index is 0.264. The minimum atomic E-state index is 0.264. The van der Waals surface area contributed by atoms with Crippen molar-refractivity contribution in [2.24, 2.45) is 5.92 Å². The molecule has 21 heavy (non-hydrogen) atoms. The zero-order valence-electron chi connectivity index (χ0n) is 13.1. The molecule has 1 aliphatic heterocycles. The number of carbonyl (C=O) groups is 1. The quantitative estimate of drug-likeness (QED) is 0.838. The first-order valence-electron chi connectivity index (χ1n) is 7.84. The van der Waals surface area contributed by atoms with Crippen molar-refractivity contribution < 1.29 is 9.53 Å². The van der Waals surface area contributed by atoms with E-state index in [0.717, 1.165) is 37.4 Å². The molecule has 1 heterocycles. The van der Waals surface area contributed by atoms with E-state index >= 15 is 0 Å². The van der Waals surface area contributed by atoms with Crippen molar-refractivity contribution in [3.63, 3.8) is 0 Å². The van der Waals surface area contributed by atoms with Gasteiger partial charge < -0.3 is 15.0 Å². The van der Waals surface area contributed by atoms with E-state index in [1.54, 1.807) is 7.11 Å². The van der Waals surface area contributed by atoms with Crippen molar-refractivity contribution in [3.05, 3.63) is 29.8 Å². The van der Waals surface area contributed by atoms with E-state index in [9.17, 15) is 4.79 Å². The van der Waals surface area contributed by atoms with Crippen LogP contribution >= 0.6 is 0 Å². The summed E-state index contributed by atoms with van der Waals surface area (Å²) < 4.78 is 5.16. The summed E-state index contributed by atoms with van der Waals surface area (Å²) in [6, 6.07) is 7.93. The van der Waals surface area contributed by atoms with Gasteiger partial charge in [-0.15, -0.1) is 0 Å². The molecule has 2 rings (SSSR count). The number of nitrogens with zero attached hydrogens (tertiary/aromatic N) is 1. The second-order valence-corrected chi connectivity index (χ2v) is 5.65. The third-order valence-corrected chi connectivity index (χ3v) is 4.20. The molecule has 1 atom stereocenters. The van der Waals surface area contributed by atoms with Crippen LogP contribution in [0, 0.1) is 5.92 Å². The molecule has 1 aromatic rings. The van der Waals surface area contributed by atoms with Gasteiger partial charge in [-0.1, -0.05) is 12.1 Å². The van der Waals surface area contributed by atoms with Crippen LogP contribution in [0.25, 0.3) is 0 Å². The standard InChI is InChI=1S/C17H26N2O2/c1-3-19(13-15-4-7-16(21-2)8-5-15)17(20)9-6-14-10-11-18-12-14/h4-5,7-8,14,18H,3,6,9-13H2,1-2H3. The van der Waals surface area contributed by atoms with E-state index in [-0.39, 0.29) is 5.91 Å². The van der Waals surface area contributed by atoms with Crippen molar-refractivity contribution in [3.8, 4) is 5.75 Å². The van der Waals surface area contributed by atoms with Crippen molar-refractivity contribution in [2.45, 2.75) is 32.7 Å². The third kappa shape index (κ3) is 4.74. The minimum Gasteiger partial charge on any atom is -0.497 e. The molecule has 1 saturated heterocycles. The zero-order chi connectivity index (χ0) is 15.1. The average Bonchev–Trinajstić information content (AvgIpc) is 3.04. The zero-order valence-corrected chi connectivity index (χ0v) is 13.1.